The van der Waals surface area contributed by atoms with Crippen molar-refractivity contribution in [3.63, 3.8) is 0 Å². The van der Waals surface area contributed by atoms with Gasteiger partial charge in [-0.3, -0.25) is 0 Å². The predicted octanol–water partition coefficient (Wildman–Crippen LogP) is 0.172. The van der Waals surface area contributed by atoms with Gasteiger partial charge in [0.05, 0.1) is 18.8 Å². The normalized spacial score (nSPS) is 21.7. The van der Waals surface area contributed by atoms with Crippen LogP contribution >= 0.6 is 0 Å². The molecule has 0 fully saturated rings. The number of likely N-dealkylation sites (N-methyl/N-ethyl adjacent to an activating group) is 1. The van der Waals surface area contributed by atoms with E-state index < -0.39 is 0 Å². The average Bonchev–Trinajstić information content (AvgIpc) is 2.47. The average molecular weight is 167 g/mol. The number of hydrogen-bond acceptors (Lipinski definition) is 3. The Morgan fingerprint density at radius 1 is 1.75 bits per heavy atom. The lowest BCUT2D eigenvalue weighted by molar-refractivity contribution is 0.188. The lowest BCUT2D eigenvalue weighted by atomic mass is 10.3. The molecular formula is C8H13N3O. The van der Waals surface area contributed by atoms with E-state index in [2.05, 4.69) is 10.4 Å². The Hall–Kier alpha value is -1.03. The van der Waals surface area contributed by atoms with Gasteiger partial charge in [-0.15, -0.1) is 0 Å². The zero-order chi connectivity index (χ0) is 8.55. The summed E-state index contributed by atoms with van der Waals surface area (Å²) in [7, 11) is 1.94. The third-order valence-corrected chi connectivity index (χ3v) is 2.19. The van der Waals surface area contributed by atoms with Crippen molar-refractivity contribution in [3.05, 3.63) is 11.8 Å². The van der Waals surface area contributed by atoms with Gasteiger partial charge in [0, 0.05) is 5.56 Å². The Kier molecular flexibility index (Phi) is 1.77. The maximum absolute atomic E-state index is 5.54. The maximum atomic E-state index is 5.54. The smallest absolute Gasteiger partial charge is 0.214 e. The van der Waals surface area contributed by atoms with Gasteiger partial charge >= 0.3 is 0 Å². The van der Waals surface area contributed by atoms with Crippen LogP contribution in [0.3, 0.4) is 0 Å². The first-order chi connectivity index (χ1) is 5.81. The molecule has 1 aromatic rings. The van der Waals surface area contributed by atoms with Gasteiger partial charge in [-0.1, -0.05) is 0 Å². The summed E-state index contributed by atoms with van der Waals surface area (Å²) in [6.45, 7) is 3.65. The molecule has 4 nitrogen and oxygen atoms in total. The number of fused-ring (bicyclic) bond motifs is 1. The first-order valence-corrected chi connectivity index (χ1v) is 4.13. The molecule has 0 saturated heterocycles. The molecule has 1 N–H and O–H groups in total. The first-order valence-electron chi connectivity index (χ1n) is 4.13. The molecule has 0 bridgehead atoms. The molecule has 4 heteroatoms. The van der Waals surface area contributed by atoms with Crippen molar-refractivity contribution in [2.45, 2.75) is 19.5 Å². The molecule has 0 aliphatic carbocycles. The van der Waals surface area contributed by atoms with Crippen molar-refractivity contribution in [2.24, 2.45) is 0 Å². The molecule has 0 spiro atoms. The monoisotopic (exact) mass is 167 g/mol. The van der Waals surface area contributed by atoms with Crippen LogP contribution in [0.15, 0.2) is 6.20 Å². The second-order valence-electron chi connectivity index (χ2n) is 3.11. The van der Waals surface area contributed by atoms with E-state index >= 15 is 0 Å². The van der Waals surface area contributed by atoms with E-state index in [0.717, 1.165) is 24.6 Å². The highest BCUT2D eigenvalue weighted by Crippen LogP contribution is 2.20. The van der Waals surface area contributed by atoms with E-state index in [0.29, 0.717) is 6.04 Å². The van der Waals surface area contributed by atoms with Crippen LogP contribution in [0, 0.1) is 6.92 Å². The first kappa shape index (κ1) is 7.61. The zero-order valence-electron chi connectivity index (χ0n) is 7.37. The minimum absolute atomic E-state index is 0.386. The summed E-state index contributed by atoms with van der Waals surface area (Å²) in [6.07, 6.45) is 1.84. The largest absolute Gasteiger partial charge is 0.476 e. The third kappa shape index (κ3) is 1.08. The number of aryl methyl sites for hydroxylation is 1. The molecule has 1 aliphatic heterocycles. The van der Waals surface area contributed by atoms with Crippen LogP contribution in [0.25, 0.3) is 0 Å². The van der Waals surface area contributed by atoms with E-state index in [1.807, 2.05) is 24.9 Å². The highest BCUT2D eigenvalue weighted by Gasteiger charge is 2.19. The minimum Gasteiger partial charge on any atom is -0.476 e. The minimum atomic E-state index is 0.386. The molecule has 1 atom stereocenters. The molecule has 2 heterocycles. The highest BCUT2D eigenvalue weighted by molar-refractivity contribution is 5.23. The number of aromatic nitrogens is 2. The van der Waals surface area contributed by atoms with Gasteiger partial charge in [-0.25, -0.2) is 4.68 Å². The Bertz CT molecular complexity index is 282. The van der Waals surface area contributed by atoms with Crippen molar-refractivity contribution < 1.29 is 4.74 Å². The number of rotatable bonds is 1. The Labute approximate surface area is 71.5 Å². The van der Waals surface area contributed by atoms with Gasteiger partial charge in [-0.2, -0.15) is 5.10 Å². The molecule has 2 rings (SSSR count). The van der Waals surface area contributed by atoms with Gasteiger partial charge in [0.25, 0.3) is 0 Å². The summed E-state index contributed by atoms with van der Waals surface area (Å²) in [5.41, 5.74) is 1.12. The summed E-state index contributed by atoms with van der Waals surface area (Å²) in [5.74, 6) is 0.918. The van der Waals surface area contributed by atoms with Crippen LogP contribution < -0.4 is 10.1 Å². The van der Waals surface area contributed by atoms with Gasteiger partial charge < -0.3 is 10.1 Å². The van der Waals surface area contributed by atoms with E-state index in [1.165, 1.54) is 0 Å². The van der Waals surface area contributed by atoms with E-state index in [-0.39, 0.29) is 0 Å². The van der Waals surface area contributed by atoms with Crippen LogP contribution in [0.2, 0.25) is 0 Å². The van der Waals surface area contributed by atoms with Gasteiger partial charge in [0.1, 0.15) is 6.61 Å². The standard InChI is InChI=1S/C8H13N3O/c1-6-3-10-11-4-7(9-2)5-12-8(6)11/h3,7,9H,4-5H2,1-2H3/t7-/m1/s1. The fraction of sp³-hybridized carbons (Fsp3) is 0.625. The lowest BCUT2D eigenvalue weighted by Gasteiger charge is -2.23. The molecule has 12 heavy (non-hydrogen) atoms. The number of ether oxygens (including phenoxy) is 1. The molecule has 0 aromatic carbocycles. The van der Waals surface area contributed by atoms with Crippen LogP contribution in [0.4, 0.5) is 0 Å². The molecular weight excluding hydrogens is 154 g/mol. The van der Waals surface area contributed by atoms with E-state index in [4.69, 9.17) is 4.74 Å². The fourth-order valence-electron chi connectivity index (χ4n) is 1.40. The van der Waals surface area contributed by atoms with Gasteiger partial charge in [0.2, 0.25) is 5.88 Å². The molecule has 0 unspecified atom stereocenters. The van der Waals surface area contributed by atoms with E-state index in [9.17, 15) is 0 Å². The summed E-state index contributed by atoms with van der Waals surface area (Å²) in [6, 6.07) is 0.386. The Morgan fingerprint density at radius 2 is 2.58 bits per heavy atom. The Morgan fingerprint density at radius 3 is 3.33 bits per heavy atom. The number of nitrogens with one attached hydrogen (secondary N) is 1. The molecule has 1 aliphatic rings. The van der Waals surface area contributed by atoms with Gasteiger partial charge in [0.15, 0.2) is 0 Å². The number of hydrogen-bond donors (Lipinski definition) is 1. The summed E-state index contributed by atoms with van der Waals surface area (Å²) in [4.78, 5) is 0. The van der Waals surface area contributed by atoms with Gasteiger partial charge in [-0.05, 0) is 14.0 Å². The zero-order valence-corrected chi connectivity index (χ0v) is 7.37. The van der Waals surface area contributed by atoms with Crippen molar-refractivity contribution in [3.8, 4) is 5.88 Å². The molecule has 0 saturated carbocycles. The van der Waals surface area contributed by atoms with Crippen LogP contribution in [0.1, 0.15) is 5.56 Å². The fourth-order valence-corrected chi connectivity index (χ4v) is 1.40. The SMILES string of the molecule is CN[C@H]1COc2c(C)cnn2C1. The molecule has 0 amide bonds. The maximum Gasteiger partial charge on any atom is 0.214 e. The van der Waals surface area contributed by atoms with Crippen LogP contribution in [-0.4, -0.2) is 29.5 Å². The molecule has 0 radical (unpaired) electrons. The van der Waals surface area contributed by atoms with Crippen molar-refractivity contribution >= 4 is 0 Å². The molecule has 1 aromatic heterocycles. The lowest BCUT2D eigenvalue weighted by Crippen LogP contribution is -2.39. The second kappa shape index (κ2) is 2.79. The summed E-state index contributed by atoms with van der Waals surface area (Å²) < 4.78 is 7.44. The number of nitrogens with zero attached hydrogens (tertiary/aromatic N) is 2. The third-order valence-electron chi connectivity index (χ3n) is 2.19. The topological polar surface area (TPSA) is 39.1 Å². The summed E-state index contributed by atoms with van der Waals surface area (Å²) in [5, 5.41) is 7.37. The predicted molar refractivity (Wildman–Crippen MR) is 45.3 cm³/mol. The van der Waals surface area contributed by atoms with Crippen molar-refractivity contribution in [1.29, 1.82) is 0 Å². The molecule has 66 valence electrons. The van der Waals surface area contributed by atoms with E-state index in [1.54, 1.807) is 0 Å². The quantitative estimate of drug-likeness (QED) is 0.648. The Balaban J connectivity index is 2.24. The van der Waals surface area contributed by atoms with Crippen molar-refractivity contribution in [1.82, 2.24) is 15.1 Å². The van der Waals surface area contributed by atoms with Crippen LogP contribution in [-0.2, 0) is 6.54 Å². The van der Waals surface area contributed by atoms with Crippen LogP contribution in [0.5, 0.6) is 5.88 Å². The summed E-state index contributed by atoms with van der Waals surface area (Å²) >= 11 is 0. The second-order valence-corrected chi connectivity index (χ2v) is 3.11. The highest BCUT2D eigenvalue weighted by atomic mass is 16.5. The van der Waals surface area contributed by atoms with Crippen molar-refractivity contribution in [2.75, 3.05) is 13.7 Å².